The van der Waals surface area contributed by atoms with Crippen LogP contribution >= 0.6 is 11.3 Å². The van der Waals surface area contributed by atoms with Crippen molar-refractivity contribution in [3.05, 3.63) is 35.2 Å². The number of hydrogen-bond donors (Lipinski definition) is 2. The average Bonchev–Trinajstić information content (AvgIpc) is 2.93. The van der Waals surface area contributed by atoms with Crippen LogP contribution in [0, 0.1) is 5.41 Å². The number of amides is 1. The second-order valence-corrected chi connectivity index (χ2v) is 6.10. The largest absolute Gasteiger partial charge is 0.396 e. The van der Waals surface area contributed by atoms with Crippen molar-refractivity contribution in [3.63, 3.8) is 0 Å². The van der Waals surface area contributed by atoms with Gasteiger partial charge in [0.2, 0.25) is 0 Å². The summed E-state index contributed by atoms with van der Waals surface area (Å²) >= 11 is 1.58. The maximum Gasteiger partial charge on any atom is 0.252 e. The molecule has 0 atom stereocenters. The monoisotopic (exact) mass is 291 g/mol. The van der Waals surface area contributed by atoms with Gasteiger partial charge in [0, 0.05) is 27.4 Å². The van der Waals surface area contributed by atoms with Crippen LogP contribution in [0.2, 0.25) is 0 Å². The third-order valence-corrected chi connectivity index (χ3v) is 5.15. The van der Waals surface area contributed by atoms with Crippen molar-refractivity contribution in [2.75, 3.05) is 13.2 Å². The Labute approximate surface area is 123 Å². The van der Waals surface area contributed by atoms with E-state index in [1.807, 2.05) is 43.5 Å². The van der Waals surface area contributed by atoms with E-state index in [1.54, 1.807) is 11.3 Å². The van der Waals surface area contributed by atoms with E-state index >= 15 is 0 Å². The zero-order valence-electron chi connectivity index (χ0n) is 12.0. The maximum atomic E-state index is 12.3. The molecule has 0 spiro atoms. The summed E-state index contributed by atoms with van der Waals surface area (Å²) in [7, 11) is 0. The van der Waals surface area contributed by atoms with Crippen molar-refractivity contribution in [2.24, 2.45) is 5.41 Å². The lowest BCUT2D eigenvalue weighted by atomic mass is 9.83. The second kappa shape index (κ2) is 6.37. The third-order valence-electron chi connectivity index (χ3n) is 4.18. The van der Waals surface area contributed by atoms with Crippen molar-refractivity contribution in [1.82, 2.24) is 5.32 Å². The number of rotatable bonds is 6. The van der Waals surface area contributed by atoms with Crippen LogP contribution < -0.4 is 5.32 Å². The van der Waals surface area contributed by atoms with Gasteiger partial charge >= 0.3 is 0 Å². The molecule has 0 aliphatic heterocycles. The van der Waals surface area contributed by atoms with E-state index in [0.29, 0.717) is 6.54 Å². The Hall–Kier alpha value is -1.39. The van der Waals surface area contributed by atoms with Gasteiger partial charge in [0.25, 0.3) is 5.91 Å². The highest BCUT2D eigenvalue weighted by Gasteiger charge is 2.26. The molecule has 1 amide bonds. The van der Waals surface area contributed by atoms with Gasteiger partial charge in [0.1, 0.15) is 0 Å². The van der Waals surface area contributed by atoms with Gasteiger partial charge in [0.05, 0.1) is 12.2 Å². The van der Waals surface area contributed by atoms with E-state index in [4.69, 9.17) is 0 Å². The molecule has 2 rings (SSSR count). The first-order valence-electron chi connectivity index (χ1n) is 7.01. The molecule has 0 aliphatic rings. The number of thiophene rings is 1. The molecule has 0 unspecified atom stereocenters. The van der Waals surface area contributed by atoms with Crippen LogP contribution in [0.4, 0.5) is 0 Å². The smallest absolute Gasteiger partial charge is 0.252 e. The van der Waals surface area contributed by atoms with Gasteiger partial charge in [-0.1, -0.05) is 32.0 Å². The van der Waals surface area contributed by atoms with Crippen molar-refractivity contribution in [3.8, 4) is 0 Å². The van der Waals surface area contributed by atoms with E-state index in [0.717, 1.165) is 28.5 Å². The fourth-order valence-electron chi connectivity index (χ4n) is 2.30. The molecule has 2 N–H and O–H groups in total. The minimum Gasteiger partial charge on any atom is -0.396 e. The van der Waals surface area contributed by atoms with E-state index < -0.39 is 0 Å². The number of hydrogen-bond acceptors (Lipinski definition) is 3. The quantitative estimate of drug-likeness (QED) is 0.856. The summed E-state index contributed by atoms with van der Waals surface area (Å²) in [6.07, 6.45) is 1.70. The number of carbonyl (C=O) groups excluding carboxylic acids is 1. The summed E-state index contributed by atoms with van der Waals surface area (Å²) in [6.45, 7) is 4.71. The Bertz CT molecular complexity index is 579. The lowest BCUT2D eigenvalue weighted by molar-refractivity contribution is 0.0853. The fourth-order valence-corrected chi connectivity index (χ4v) is 3.24. The zero-order chi connectivity index (χ0) is 14.6. The Morgan fingerprint density at radius 3 is 2.65 bits per heavy atom. The topological polar surface area (TPSA) is 49.3 Å². The van der Waals surface area contributed by atoms with E-state index in [2.05, 4.69) is 5.32 Å². The predicted octanol–water partition coefficient (Wildman–Crippen LogP) is 3.43. The minimum absolute atomic E-state index is 0.0535. The van der Waals surface area contributed by atoms with Crippen molar-refractivity contribution in [2.45, 2.75) is 26.7 Å². The van der Waals surface area contributed by atoms with Crippen LogP contribution in [0.5, 0.6) is 0 Å². The molecule has 0 radical (unpaired) electrons. The number of nitrogens with one attached hydrogen (secondary N) is 1. The molecule has 4 heteroatoms. The van der Waals surface area contributed by atoms with Gasteiger partial charge < -0.3 is 10.4 Å². The van der Waals surface area contributed by atoms with Crippen LogP contribution in [0.1, 0.15) is 37.0 Å². The molecule has 1 heterocycles. The molecule has 20 heavy (non-hydrogen) atoms. The standard InChI is InChI=1S/C16H21NO2S/c1-3-16(4-2,11-18)10-17-15(19)13-9-20-14-8-6-5-7-12(13)14/h5-9,18H,3-4,10-11H2,1-2H3,(H,17,19). The normalized spacial score (nSPS) is 11.8. The Morgan fingerprint density at radius 2 is 2.00 bits per heavy atom. The van der Waals surface area contributed by atoms with Gasteiger partial charge in [-0.25, -0.2) is 0 Å². The van der Waals surface area contributed by atoms with Gasteiger partial charge in [-0.15, -0.1) is 11.3 Å². The van der Waals surface area contributed by atoms with Gasteiger partial charge in [-0.2, -0.15) is 0 Å². The molecule has 0 fully saturated rings. The number of aliphatic hydroxyl groups is 1. The SMILES string of the molecule is CCC(CC)(CO)CNC(=O)c1csc2ccccc12. The first kappa shape index (κ1) is 15.0. The van der Waals surface area contributed by atoms with Crippen LogP contribution in [0.15, 0.2) is 29.6 Å². The lowest BCUT2D eigenvalue weighted by Crippen LogP contribution is -2.39. The molecular weight excluding hydrogens is 270 g/mol. The highest BCUT2D eigenvalue weighted by atomic mass is 32.1. The molecule has 1 aromatic carbocycles. The van der Waals surface area contributed by atoms with E-state index in [1.165, 1.54) is 0 Å². The van der Waals surface area contributed by atoms with Crippen LogP contribution in [0.3, 0.4) is 0 Å². The van der Waals surface area contributed by atoms with Crippen LogP contribution in [-0.4, -0.2) is 24.2 Å². The summed E-state index contributed by atoms with van der Waals surface area (Å²) in [4.78, 5) is 12.3. The molecule has 0 bridgehead atoms. The van der Waals surface area contributed by atoms with Crippen molar-refractivity contribution < 1.29 is 9.90 Å². The minimum atomic E-state index is -0.207. The van der Waals surface area contributed by atoms with Crippen molar-refractivity contribution in [1.29, 1.82) is 0 Å². The highest BCUT2D eigenvalue weighted by Crippen LogP contribution is 2.27. The first-order valence-corrected chi connectivity index (χ1v) is 7.89. The number of fused-ring (bicyclic) bond motifs is 1. The summed E-state index contributed by atoms with van der Waals surface area (Å²) in [6, 6.07) is 7.92. The Kier molecular flexibility index (Phi) is 4.78. The molecule has 0 saturated carbocycles. The number of carbonyl (C=O) groups is 1. The number of aliphatic hydroxyl groups excluding tert-OH is 1. The summed E-state index contributed by atoms with van der Waals surface area (Å²) in [5.74, 6) is -0.0535. The third kappa shape index (κ3) is 2.86. The van der Waals surface area contributed by atoms with Gasteiger partial charge in [-0.05, 0) is 18.9 Å². The number of benzene rings is 1. The lowest BCUT2D eigenvalue weighted by Gasteiger charge is -2.29. The summed E-state index contributed by atoms with van der Waals surface area (Å²) < 4.78 is 1.12. The van der Waals surface area contributed by atoms with E-state index in [9.17, 15) is 9.90 Å². The van der Waals surface area contributed by atoms with Crippen LogP contribution in [-0.2, 0) is 0 Å². The maximum absolute atomic E-state index is 12.3. The molecule has 1 aromatic heterocycles. The molecular formula is C16H21NO2S. The molecule has 108 valence electrons. The Balaban J connectivity index is 2.13. The van der Waals surface area contributed by atoms with E-state index in [-0.39, 0.29) is 17.9 Å². The summed E-state index contributed by atoms with van der Waals surface area (Å²) in [5, 5.41) is 15.4. The average molecular weight is 291 g/mol. The zero-order valence-corrected chi connectivity index (χ0v) is 12.8. The molecule has 3 nitrogen and oxygen atoms in total. The van der Waals surface area contributed by atoms with Gasteiger partial charge in [-0.3, -0.25) is 4.79 Å². The first-order chi connectivity index (χ1) is 9.65. The Morgan fingerprint density at radius 1 is 1.30 bits per heavy atom. The fraction of sp³-hybridized carbons (Fsp3) is 0.438. The second-order valence-electron chi connectivity index (χ2n) is 5.19. The molecule has 0 aliphatic carbocycles. The van der Waals surface area contributed by atoms with Crippen molar-refractivity contribution >= 4 is 27.3 Å². The van der Waals surface area contributed by atoms with Crippen LogP contribution in [0.25, 0.3) is 10.1 Å². The predicted molar refractivity (Wildman–Crippen MR) is 84.3 cm³/mol. The van der Waals surface area contributed by atoms with Gasteiger partial charge in [0.15, 0.2) is 0 Å². The summed E-state index contributed by atoms with van der Waals surface area (Å²) in [5.41, 5.74) is 0.520. The molecule has 2 aromatic rings. The molecule has 0 saturated heterocycles. The highest BCUT2D eigenvalue weighted by molar-refractivity contribution is 7.17.